The van der Waals surface area contributed by atoms with Gasteiger partial charge in [0.15, 0.2) is 5.92 Å². The van der Waals surface area contributed by atoms with E-state index in [1.165, 1.54) is 0 Å². The van der Waals surface area contributed by atoms with Crippen molar-refractivity contribution >= 4 is 11.9 Å². The minimum absolute atomic E-state index is 0.207. The predicted molar refractivity (Wildman–Crippen MR) is 104 cm³/mol. The molecule has 0 spiro atoms. The molecule has 0 radical (unpaired) electrons. The van der Waals surface area contributed by atoms with Crippen LogP contribution >= 0.6 is 0 Å². The van der Waals surface area contributed by atoms with Gasteiger partial charge in [-0.15, -0.1) is 0 Å². The van der Waals surface area contributed by atoms with Crippen LogP contribution in [0.3, 0.4) is 0 Å². The van der Waals surface area contributed by atoms with Crippen molar-refractivity contribution in [1.82, 2.24) is 4.90 Å². The molecule has 144 valence electrons. The van der Waals surface area contributed by atoms with Crippen molar-refractivity contribution in [3.8, 4) is 0 Å². The molecule has 0 heterocycles. The molecule has 0 fully saturated rings. The van der Waals surface area contributed by atoms with E-state index in [-0.39, 0.29) is 13.2 Å². The number of benzene rings is 2. The molecule has 27 heavy (non-hydrogen) atoms. The summed E-state index contributed by atoms with van der Waals surface area (Å²) in [6.07, 6.45) is 0. The molecule has 0 N–H and O–H groups in total. The zero-order valence-electron chi connectivity index (χ0n) is 16.1. The lowest BCUT2D eigenvalue weighted by Gasteiger charge is -2.32. The van der Waals surface area contributed by atoms with Crippen LogP contribution in [0.4, 0.5) is 0 Å². The van der Waals surface area contributed by atoms with Gasteiger partial charge in [-0.05, 0) is 32.0 Å². The molecule has 0 saturated carbocycles. The summed E-state index contributed by atoms with van der Waals surface area (Å²) in [5.41, 5.74) is 1.95. The van der Waals surface area contributed by atoms with Crippen LogP contribution in [-0.4, -0.2) is 37.1 Å². The molecule has 2 rings (SSSR count). The lowest BCUT2D eigenvalue weighted by molar-refractivity contribution is -0.165. The van der Waals surface area contributed by atoms with E-state index >= 15 is 0 Å². The van der Waals surface area contributed by atoms with Crippen molar-refractivity contribution < 1.29 is 19.1 Å². The standard InChI is InChI=1S/C22H27NO4/c1-4-26-21(24)19(22(25)27-5-2)20(18-14-10-7-11-15-18)23(3)16-17-12-8-6-9-13-17/h6-15,19-20H,4-5,16H2,1-3H3. The largest absolute Gasteiger partial charge is 0.465 e. The number of nitrogens with zero attached hydrogens (tertiary/aromatic N) is 1. The summed E-state index contributed by atoms with van der Waals surface area (Å²) < 4.78 is 10.4. The van der Waals surface area contributed by atoms with Gasteiger partial charge >= 0.3 is 11.9 Å². The highest BCUT2D eigenvalue weighted by atomic mass is 16.6. The van der Waals surface area contributed by atoms with E-state index in [4.69, 9.17) is 9.47 Å². The first-order valence-corrected chi connectivity index (χ1v) is 9.20. The molecule has 0 aliphatic carbocycles. The highest BCUT2D eigenvalue weighted by Gasteiger charge is 2.40. The van der Waals surface area contributed by atoms with Gasteiger partial charge in [0.1, 0.15) is 0 Å². The second kappa shape index (κ2) is 10.5. The Labute approximate surface area is 160 Å². The molecule has 0 aliphatic rings. The zero-order chi connectivity index (χ0) is 19.6. The quantitative estimate of drug-likeness (QED) is 0.499. The SMILES string of the molecule is CCOC(=O)C(C(=O)OCC)C(c1ccccc1)N(C)Cc1ccccc1. The first-order chi connectivity index (χ1) is 13.1. The van der Waals surface area contributed by atoms with E-state index in [0.29, 0.717) is 6.54 Å². The summed E-state index contributed by atoms with van der Waals surface area (Å²) in [4.78, 5) is 27.4. The molecule has 1 unspecified atom stereocenters. The van der Waals surface area contributed by atoms with Crippen LogP contribution in [0.5, 0.6) is 0 Å². The van der Waals surface area contributed by atoms with Gasteiger partial charge in [-0.25, -0.2) is 0 Å². The molecule has 0 aromatic heterocycles. The van der Waals surface area contributed by atoms with Crippen LogP contribution in [0.2, 0.25) is 0 Å². The Balaban J connectivity index is 2.41. The van der Waals surface area contributed by atoms with E-state index in [9.17, 15) is 9.59 Å². The Bertz CT molecular complexity index is 700. The molecule has 2 aromatic rings. The van der Waals surface area contributed by atoms with Crippen LogP contribution < -0.4 is 0 Å². The van der Waals surface area contributed by atoms with Gasteiger partial charge in [0.25, 0.3) is 0 Å². The first kappa shape index (κ1) is 20.6. The average Bonchev–Trinajstić information content (AvgIpc) is 2.67. The summed E-state index contributed by atoms with van der Waals surface area (Å²) in [5.74, 6) is -2.18. The number of carbonyl (C=O) groups is 2. The summed E-state index contributed by atoms with van der Waals surface area (Å²) in [5, 5.41) is 0. The number of esters is 2. The summed E-state index contributed by atoms with van der Waals surface area (Å²) >= 11 is 0. The highest BCUT2D eigenvalue weighted by molar-refractivity contribution is 5.96. The third kappa shape index (κ3) is 5.66. The Morgan fingerprint density at radius 3 is 1.81 bits per heavy atom. The van der Waals surface area contributed by atoms with Gasteiger partial charge in [-0.1, -0.05) is 60.7 Å². The van der Waals surface area contributed by atoms with E-state index in [2.05, 4.69) is 0 Å². The summed E-state index contributed by atoms with van der Waals surface area (Å²) in [7, 11) is 1.90. The molecule has 0 aliphatic heterocycles. The van der Waals surface area contributed by atoms with Crippen LogP contribution in [0.15, 0.2) is 60.7 Å². The minimum Gasteiger partial charge on any atom is -0.465 e. The molecule has 5 nitrogen and oxygen atoms in total. The van der Waals surface area contributed by atoms with E-state index in [1.54, 1.807) is 13.8 Å². The molecule has 0 bridgehead atoms. The third-order valence-corrected chi connectivity index (χ3v) is 4.29. The molecular formula is C22H27NO4. The maximum Gasteiger partial charge on any atom is 0.322 e. The number of hydrogen-bond donors (Lipinski definition) is 0. The monoisotopic (exact) mass is 369 g/mol. The van der Waals surface area contributed by atoms with Gasteiger partial charge in [-0.2, -0.15) is 0 Å². The number of hydrogen-bond acceptors (Lipinski definition) is 5. The van der Waals surface area contributed by atoms with Crippen LogP contribution in [0, 0.1) is 5.92 Å². The third-order valence-electron chi connectivity index (χ3n) is 4.29. The highest BCUT2D eigenvalue weighted by Crippen LogP contribution is 2.31. The predicted octanol–water partition coefficient (Wildman–Crippen LogP) is 3.60. The zero-order valence-corrected chi connectivity index (χ0v) is 16.1. The smallest absolute Gasteiger partial charge is 0.322 e. The normalized spacial score (nSPS) is 12.0. The molecule has 1 atom stereocenters. The van der Waals surface area contributed by atoms with Crippen molar-refractivity contribution in [3.05, 3.63) is 71.8 Å². The fraction of sp³-hybridized carbons (Fsp3) is 0.364. The maximum absolute atomic E-state index is 12.7. The number of carbonyl (C=O) groups excluding carboxylic acids is 2. The van der Waals surface area contributed by atoms with Crippen molar-refractivity contribution in [2.45, 2.75) is 26.4 Å². The van der Waals surface area contributed by atoms with Gasteiger partial charge in [0, 0.05) is 6.54 Å². The molecular weight excluding hydrogens is 342 g/mol. The topological polar surface area (TPSA) is 55.8 Å². The second-order valence-corrected chi connectivity index (χ2v) is 6.24. The Morgan fingerprint density at radius 1 is 0.852 bits per heavy atom. The van der Waals surface area contributed by atoms with Crippen LogP contribution in [0.25, 0.3) is 0 Å². The van der Waals surface area contributed by atoms with Crippen LogP contribution in [0.1, 0.15) is 31.0 Å². The van der Waals surface area contributed by atoms with E-state index < -0.39 is 23.9 Å². The van der Waals surface area contributed by atoms with Crippen molar-refractivity contribution in [3.63, 3.8) is 0 Å². The average molecular weight is 369 g/mol. The Hall–Kier alpha value is -2.66. The molecule has 0 saturated heterocycles. The van der Waals surface area contributed by atoms with E-state index in [0.717, 1.165) is 11.1 Å². The lowest BCUT2D eigenvalue weighted by Crippen LogP contribution is -2.40. The van der Waals surface area contributed by atoms with Crippen molar-refractivity contribution in [2.75, 3.05) is 20.3 Å². The fourth-order valence-electron chi connectivity index (χ4n) is 3.14. The van der Waals surface area contributed by atoms with Crippen LogP contribution in [-0.2, 0) is 25.6 Å². The van der Waals surface area contributed by atoms with Gasteiger partial charge in [-0.3, -0.25) is 14.5 Å². The number of ether oxygens (including phenoxy) is 2. The van der Waals surface area contributed by atoms with Gasteiger partial charge in [0.2, 0.25) is 0 Å². The second-order valence-electron chi connectivity index (χ2n) is 6.24. The van der Waals surface area contributed by atoms with E-state index in [1.807, 2.05) is 72.6 Å². The maximum atomic E-state index is 12.7. The Morgan fingerprint density at radius 2 is 1.33 bits per heavy atom. The molecule has 2 aromatic carbocycles. The molecule has 5 heteroatoms. The summed E-state index contributed by atoms with van der Waals surface area (Å²) in [6.45, 7) is 4.45. The van der Waals surface area contributed by atoms with Crippen molar-refractivity contribution in [1.29, 1.82) is 0 Å². The van der Waals surface area contributed by atoms with Gasteiger partial charge in [0.05, 0.1) is 19.3 Å². The molecule has 0 amide bonds. The number of rotatable bonds is 9. The summed E-state index contributed by atoms with van der Waals surface area (Å²) in [6, 6.07) is 18.9. The Kier molecular flexibility index (Phi) is 8.01. The minimum atomic E-state index is -1.05. The van der Waals surface area contributed by atoms with Gasteiger partial charge < -0.3 is 9.47 Å². The first-order valence-electron chi connectivity index (χ1n) is 9.20. The van der Waals surface area contributed by atoms with Crippen molar-refractivity contribution in [2.24, 2.45) is 5.92 Å². The fourth-order valence-corrected chi connectivity index (χ4v) is 3.14. The lowest BCUT2D eigenvalue weighted by atomic mass is 9.91.